The number of benzene rings is 1. The Balaban J connectivity index is 1.84. The summed E-state index contributed by atoms with van der Waals surface area (Å²) >= 11 is 2.06. The Labute approximate surface area is 101 Å². The zero-order valence-electron chi connectivity index (χ0n) is 9.45. The van der Waals surface area contributed by atoms with Gasteiger partial charge < -0.3 is 9.64 Å². The van der Waals surface area contributed by atoms with Crippen LogP contribution >= 0.6 is 11.8 Å². The first kappa shape index (κ1) is 10.5. The van der Waals surface area contributed by atoms with Crippen molar-refractivity contribution < 1.29 is 4.74 Å². The molecule has 0 saturated carbocycles. The average Bonchev–Trinajstić information content (AvgIpc) is 2.39. The molecule has 0 radical (unpaired) electrons. The Kier molecular flexibility index (Phi) is 3.06. The highest BCUT2D eigenvalue weighted by atomic mass is 32.2. The summed E-state index contributed by atoms with van der Waals surface area (Å²) in [6.45, 7) is 4.07. The van der Waals surface area contributed by atoms with Crippen molar-refractivity contribution in [2.75, 3.05) is 36.1 Å². The molecule has 0 N–H and O–H groups in total. The minimum atomic E-state index is 0.797. The van der Waals surface area contributed by atoms with Gasteiger partial charge in [0.25, 0.3) is 0 Å². The van der Waals surface area contributed by atoms with Crippen molar-refractivity contribution >= 4 is 17.4 Å². The summed E-state index contributed by atoms with van der Waals surface area (Å²) in [7, 11) is 0. The molecule has 1 aromatic carbocycles. The second-order valence-electron chi connectivity index (χ2n) is 4.36. The summed E-state index contributed by atoms with van der Waals surface area (Å²) in [4.78, 5) is 2.51. The normalized spacial score (nSPS) is 20.6. The lowest BCUT2D eigenvalue weighted by Gasteiger charge is -2.29. The van der Waals surface area contributed by atoms with Crippen molar-refractivity contribution in [1.29, 1.82) is 0 Å². The summed E-state index contributed by atoms with van der Waals surface area (Å²) in [6, 6.07) is 6.86. The van der Waals surface area contributed by atoms with Crippen molar-refractivity contribution in [1.82, 2.24) is 0 Å². The van der Waals surface area contributed by atoms with Crippen LogP contribution in [0.15, 0.2) is 18.2 Å². The van der Waals surface area contributed by atoms with Crippen LogP contribution in [-0.2, 0) is 17.8 Å². The van der Waals surface area contributed by atoms with Gasteiger partial charge in [0, 0.05) is 30.3 Å². The van der Waals surface area contributed by atoms with Crippen molar-refractivity contribution in [3.8, 4) is 0 Å². The van der Waals surface area contributed by atoms with Gasteiger partial charge in [0.05, 0.1) is 13.2 Å². The summed E-state index contributed by atoms with van der Waals surface area (Å²) in [6.07, 6.45) is 1.08. The number of anilines is 1. The van der Waals surface area contributed by atoms with Crippen molar-refractivity contribution in [2.24, 2.45) is 0 Å². The molecule has 16 heavy (non-hydrogen) atoms. The van der Waals surface area contributed by atoms with Gasteiger partial charge in [-0.15, -0.1) is 0 Å². The summed E-state index contributed by atoms with van der Waals surface area (Å²) < 4.78 is 5.46. The third kappa shape index (κ3) is 2.06. The van der Waals surface area contributed by atoms with E-state index in [1.165, 1.54) is 41.4 Å². The van der Waals surface area contributed by atoms with Gasteiger partial charge in [0.1, 0.15) is 0 Å². The van der Waals surface area contributed by atoms with Crippen LogP contribution in [0.25, 0.3) is 0 Å². The maximum absolute atomic E-state index is 5.46. The molecule has 1 saturated heterocycles. The molecule has 0 aliphatic carbocycles. The van der Waals surface area contributed by atoms with E-state index in [1.807, 2.05) is 0 Å². The third-order valence-electron chi connectivity index (χ3n) is 3.34. The van der Waals surface area contributed by atoms with E-state index >= 15 is 0 Å². The SMILES string of the molecule is c1cc2c(cc1N1CCSCC1)CCOC2. The van der Waals surface area contributed by atoms with Crippen LogP contribution < -0.4 is 4.90 Å². The zero-order chi connectivity index (χ0) is 10.8. The number of rotatable bonds is 1. The average molecular weight is 235 g/mol. The topological polar surface area (TPSA) is 12.5 Å². The Bertz CT molecular complexity index is 374. The maximum Gasteiger partial charge on any atom is 0.0719 e. The second-order valence-corrected chi connectivity index (χ2v) is 5.58. The minimum Gasteiger partial charge on any atom is -0.376 e. The molecule has 3 rings (SSSR count). The molecular weight excluding hydrogens is 218 g/mol. The lowest BCUT2D eigenvalue weighted by Crippen LogP contribution is -2.32. The Hall–Kier alpha value is -0.670. The molecule has 86 valence electrons. The van der Waals surface area contributed by atoms with Crippen LogP contribution in [0, 0.1) is 0 Å². The van der Waals surface area contributed by atoms with E-state index in [4.69, 9.17) is 4.74 Å². The van der Waals surface area contributed by atoms with Crippen LogP contribution in [0.4, 0.5) is 5.69 Å². The predicted molar refractivity (Wildman–Crippen MR) is 69.3 cm³/mol. The first-order chi connectivity index (χ1) is 7.93. The standard InChI is InChI=1S/C13H17NOS/c1-2-13(14-4-7-16-8-5-14)9-11-3-6-15-10-12(1)11/h1-2,9H,3-8,10H2. The molecule has 3 heteroatoms. The molecule has 0 aromatic heterocycles. The first-order valence-corrected chi connectivity index (χ1v) is 7.11. The van der Waals surface area contributed by atoms with E-state index in [2.05, 4.69) is 34.9 Å². The first-order valence-electron chi connectivity index (χ1n) is 5.96. The van der Waals surface area contributed by atoms with Gasteiger partial charge in [-0.25, -0.2) is 0 Å². The molecule has 1 aromatic rings. The third-order valence-corrected chi connectivity index (χ3v) is 4.28. The highest BCUT2D eigenvalue weighted by molar-refractivity contribution is 7.99. The molecule has 0 amide bonds. The van der Waals surface area contributed by atoms with E-state index in [0.29, 0.717) is 0 Å². The number of nitrogens with zero attached hydrogens (tertiary/aromatic N) is 1. The van der Waals surface area contributed by atoms with Gasteiger partial charge >= 0.3 is 0 Å². The van der Waals surface area contributed by atoms with Crippen LogP contribution in [0.3, 0.4) is 0 Å². The fourth-order valence-corrected chi connectivity index (χ4v) is 3.27. The molecule has 2 nitrogen and oxygen atoms in total. The quantitative estimate of drug-likeness (QED) is 0.741. The van der Waals surface area contributed by atoms with E-state index in [9.17, 15) is 0 Å². The van der Waals surface area contributed by atoms with Crippen LogP contribution in [0.5, 0.6) is 0 Å². The van der Waals surface area contributed by atoms with Gasteiger partial charge in [0.15, 0.2) is 0 Å². The smallest absolute Gasteiger partial charge is 0.0719 e. The molecule has 0 unspecified atom stereocenters. The lowest BCUT2D eigenvalue weighted by atomic mass is 10.0. The zero-order valence-corrected chi connectivity index (χ0v) is 10.3. The second kappa shape index (κ2) is 4.68. The van der Waals surface area contributed by atoms with Gasteiger partial charge in [-0.3, -0.25) is 0 Å². The molecule has 2 heterocycles. The number of hydrogen-bond donors (Lipinski definition) is 0. The summed E-state index contributed by atoms with van der Waals surface area (Å²) in [5.41, 5.74) is 4.27. The van der Waals surface area contributed by atoms with Crippen molar-refractivity contribution in [2.45, 2.75) is 13.0 Å². The van der Waals surface area contributed by atoms with E-state index in [1.54, 1.807) is 0 Å². The number of ether oxygens (including phenoxy) is 1. The van der Waals surface area contributed by atoms with E-state index in [-0.39, 0.29) is 0 Å². The molecule has 2 aliphatic rings. The summed E-state index contributed by atoms with van der Waals surface area (Å²) in [5.74, 6) is 2.53. The molecule has 0 atom stereocenters. The molecule has 2 aliphatic heterocycles. The van der Waals surface area contributed by atoms with Gasteiger partial charge in [-0.05, 0) is 29.7 Å². The fourth-order valence-electron chi connectivity index (χ4n) is 2.37. The molecule has 1 fully saturated rings. The molecule has 0 bridgehead atoms. The maximum atomic E-state index is 5.46. The lowest BCUT2D eigenvalue weighted by molar-refractivity contribution is 0.111. The van der Waals surface area contributed by atoms with Gasteiger partial charge in [0.2, 0.25) is 0 Å². The van der Waals surface area contributed by atoms with Crippen LogP contribution in [-0.4, -0.2) is 31.2 Å². The highest BCUT2D eigenvalue weighted by Crippen LogP contribution is 2.25. The van der Waals surface area contributed by atoms with Crippen molar-refractivity contribution in [3.05, 3.63) is 29.3 Å². The number of fused-ring (bicyclic) bond motifs is 1. The monoisotopic (exact) mass is 235 g/mol. The van der Waals surface area contributed by atoms with Crippen LogP contribution in [0.1, 0.15) is 11.1 Å². The van der Waals surface area contributed by atoms with E-state index in [0.717, 1.165) is 19.6 Å². The van der Waals surface area contributed by atoms with Crippen LogP contribution in [0.2, 0.25) is 0 Å². The Morgan fingerprint density at radius 1 is 1.12 bits per heavy atom. The molecule has 0 spiro atoms. The highest BCUT2D eigenvalue weighted by Gasteiger charge is 2.14. The molecular formula is C13H17NOS. The van der Waals surface area contributed by atoms with Crippen molar-refractivity contribution in [3.63, 3.8) is 0 Å². The number of hydrogen-bond acceptors (Lipinski definition) is 3. The summed E-state index contributed by atoms with van der Waals surface area (Å²) in [5, 5.41) is 0. The Morgan fingerprint density at radius 3 is 2.88 bits per heavy atom. The predicted octanol–water partition coefficient (Wildman–Crippen LogP) is 2.31. The fraction of sp³-hybridized carbons (Fsp3) is 0.538. The largest absolute Gasteiger partial charge is 0.376 e. The van der Waals surface area contributed by atoms with Gasteiger partial charge in [-0.1, -0.05) is 6.07 Å². The van der Waals surface area contributed by atoms with Gasteiger partial charge in [-0.2, -0.15) is 11.8 Å². The Morgan fingerprint density at radius 2 is 2.00 bits per heavy atom. The minimum absolute atomic E-state index is 0.797. The van der Waals surface area contributed by atoms with E-state index < -0.39 is 0 Å². The number of thioether (sulfide) groups is 1.